The first-order valence-electron chi connectivity index (χ1n) is 7.99. The molecule has 110 valence electrons. The Labute approximate surface area is 121 Å². The third-order valence-corrected chi connectivity index (χ3v) is 5.03. The van der Waals surface area contributed by atoms with Gasteiger partial charge in [0.25, 0.3) is 0 Å². The number of hydrogen-bond donors (Lipinski definition) is 1. The van der Waals surface area contributed by atoms with Gasteiger partial charge in [0.2, 0.25) is 0 Å². The normalized spacial score (nSPS) is 23.1. The molecule has 0 spiro atoms. The number of nitrogens with zero attached hydrogens (tertiary/aromatic N) is 1. The molecule has 20 heavy (non-hydrogen) atoms. The smallest absolute Gasteiger partial charge is 0.127 e. The zero-order valence-electron chi connectivity index (χ0n) is 12.2. The Balaban J connectivity index is 1.50. The van der Waals surface area contributed by atoms with Crippen molar-refractivity contribution in [2.24, 2.45) is 11.8 Å². The maximum atomic E-state index is 13.7. The molecule has 0 atom stereocenters. The minimum Gasteiger partial charge on any atom is -0.317 e. The maximum absolute atomic E-state index is 13.7. The summed E-state index contributed by atoms with van der Waals surface area (Å²) in [7, 11) is 0. The first-order chi connectivity index (χ1) is 9.83. The Kier molecular flexibility index (Phi) is 4.69. The molecule has 0 saturated carbocycles. The topological polar surface area (TPSA) is 15.3 Å². The lowest BCUT2D eigenvalue weighted by Gasteiger charge is -2.37. The van der Waals surface area contributed by atoms with Gasteiger partial charge in [-0.2, -0.15) is 0 Å². The molecule has 2 fully saturated rings. The van der Waals surface area contributed by atoms with Crippen molar-refractivity contribution < 1.29 is 4.39 Å². The molecular weight excluding hydrogens is 251 g/mol. The number of rotatable bonds is 3. The van der Waals surface area contributed by atoms with Crippen LogP contribution in [0.3, 0.4) is 0 Å². The van der Waals surface area contributed by atoms with E-state index in [0.717, 1.165) is 37.0 Å². The predicted octanol–water partition coefficient (Wildman–Crippen LogP) is 3.04. The Morgan fingerprint density at radius 2 is 1.65 bits per heavy atom. The molecule has 0 bridgehead atoms. The SMILES string of the molecule is Fc1ccccc1CN1CCC(C2CCNCC2)CC1. The monoisotopic (exact) mass is 276 g/mol. The van der Waals surface area contributed by atoms with E-state index in [1.807, 2.05) is 12.1 Å². The molecule has 2 aliphatic heterocycles. The van der Waals surface area contributed by atoms with Gasteiger partial charge in [0, 0.05) is 12.1 Å². The number of halogens is 1. The molecule has 0 unspecified atom stereocenters. The van der Waals surface area contributed by atoms with Crippen molar-refractivity contribution in [1.29, 1.82) is 0 Å². The van der Waals surface area contributed by atoms with Crippen LogP contribution < -0.4 is 5.32 Å². The second-order valence-corrected chi connectivity index (χ2v) is 6.29. The third kappa shape index (κ3) is 3.39. The molecule has 3 heteroatoms. The molecule has 1 N–H and O–H groups in total. The van der Waals surface area contributed by atoms with Gasteiger partial charge in [-0.1, -0.05) is 18.2 Å². The van der Waals surface area contributed by atoms with Crippen LogP contribution in [0.4, 0.5) is 4.39 Å². The van der Waals surface area contributed by atoms with Gasteiger partial charge in [0.1, 0.15) is 5.82 Å². The molecule has 0 aromatic heterocycles. The van der Waals surface area contributed by atoms with Crippen LogP contribution in [0.1, 0.15) is 31.2 Å². The summed E-state index contributed by atoms with van der Waals surface area (Å²) in [6.07, 6.45) is 5.27. The van der Waals surface area contributed by atoms with E-state index >= 15 is 0 Å². The van der Waals surface area contributed by atoms with Crippen molar-refractivity contribution in [1.82, 2.24) is 10.2 Å². The van der Waals surface area contributed by atoms with Gasteiger partial charge in [-0.15, -0.1) is 0 Å². The standard InChI is InChI=1S/C17H25FN2/c18-17-4-2-1-3-16(17)13-20-11-7-15(8-12-20)14-5-9-19-10-6-14/h1-4,14-15,19H,5-13H2. The average molecular weight is 276 g/mol. The van der Waals surface area contributed by atoms with Crippen molar-refractivity contribution in [3.05, 3.63) is 35.6 Å². The highest BCUT2D eigenvalue weighted by molar-refractivity contribution is 5.17. The van der Waals surface area contributed by atoms with Crippen molar-refractivity contribution >= 4 is 0 Å². The number of benzene rings is 1. The van der Waals surface area contributed by atoms with E-state index in [4.69, 9.17) is 0 Å². The molecular formula is C17H25FN2. The molecule has 2 heterocycles. The minimum absolute atomic E-state index is 0.0621. The summed E-state index contributed by atoms with van der Waals surface area (Å²) in [5.41, 5.74) is 0.841. The molecule has 0 aliphatic carbocycles. The summed E-state index contributed by atoms with van der Waals surface area (Å²) in [4.78, 5) is 2.41. The summed E-state index contributed by atoms with van der Waals surface area (Å²) in [5.74, 6) is 1.76. The van der Waals surface area contributed by atoms with E-state index < -0.39 is 0 Å². The van der Waals surface area contributed by atoms with E-state index in [1.165, 1.54) is 38.8 Å². The van der Waals surface area contributed by atoms with E-state index in [2.05, 4.69) is 10.2 Å². The molecule has 1 aromatic rings. The van der Waals surface area contributed by atoms with Gasteiger partial charge in [-0.25, -0.2) is 4.39 Å². The summed E-state index contributed by atoms with van der Waals surface area (Å²) >= 11 is 0. The lowest BCUT2D eigenvalue weighted by Crippen LogP contribution is -2.39. The molecule has 2 saturated heterocycles. The van der Waals surface area contributed by atoms with Gasteiger partial charge < -0.3 is 5.32 Å². The van der Waals surface area contributed by atoms with Gasteiger partial charge in [0.15, 0.2) is 0 Å². The predicted molar refractivity (Wildman–Crippen MR) is 80.0 cm³/mol. The molecule has 3 rings (SSSR count). The lowest BCUT2D eigenvalue weighted by atomic mass is 9.79. The fourth-order valence-corrected chi connectivity index (χ4v) is 3.77. The zero-order chi connectivity index (χ0) is 13.8. The van der Waals surface area contributed by atoms with E-state index in [-0.39, 0.29) is 5.82 Å². The van der Waals surface area contributed by atoms with E-state index in [1.54, 1.807) is 12.1 Å². The highest BCUT2D eigenvalue weighted by Crippen LogP contribution is 2.31. The maximum Gasteiger partial charge on any atom is 0.127 e. The number of nitrogens with one attached hydrogen (secondary N) is 1. The Hall–Kier alpha value is -0.930. The van der Waals surface area contributed by atoms with Crippen LogP contribution in [0.15, 0.2) is 24.3 Å². The summed E-state index contributed by atoms with van der Waals surface area (Å²) in [6.45, 7) is 5.41. The fourth-order valence-electron chi connectivity index (χ4n) is 3.77. The summed E-state index contributed by atoms with van der Waals surface area (Å²) in [6, 6.07) is 7.17. The third-order valence-electron chi connectivity index (χ3n) is 5.03. The highest BCUT2D eigenvalue weighted by Gasteiger charge is 2.27. The molecule has 0 radical (unpaired) electrons. The van der Waals surface area contributed by atoms with Crippen LogP contribution in [0, 0.1) is 17.7 Å². The Morgan fingerprint density at radius 1 is 1.00 bits per heavy atom. The summed E-state index contributed by atoms with van der Waals surface area (Å²) < 4.78 is 13.7. The van der Waals surface area contributed by atoms with Crippen molar-refractivity contribution in [3.8, 4) is 0 Å². The molecule has 1 aromatic carbocycles. The molecule has 2 nitrogen and oxygen atoms in total. The number of likely N-dealkylation sites (tertiary alicyclic amines) is 1. The zero-order valence-corrected chi connectivity index (χ0v) is 12.2. The lowest BCUT2D eigenvalue weighted by molar-refractivity contribution is 0.125. The van der Waals surface area contributed by atoms with Gasteiger partial charge in [0.05, 0.1) is 0 Å². The minimum atomic E-state index is -0.0621. The van der Waals surface area contributed by atoms with Crippen LogP contribution in [0.25, 0.3) is 0 Å². The first-order valence-corrected chi connectivity index (χ1v) is 7.99. The summed E-state index contributed by atoms with van der Waals surface area (Å²) in [5, 5.41) is 3.45. The average Bonchev–Trinajstić information content (AvgIpc) is 2.51. The Bertz CT molecular complexity index is 421. The van der Waals surface area contributed by atoms with E-state index in [0.29, 0.717) is 0 Å². The van der Waals surface area contributed by atoms with E-state index in [9.17, 15) is 4.39 Å². The van der Waals surface area contributed by atoms with Crippen LogP contribution >= 0.6 is 0 Å². The van der Waals surface area contributed by atoms with Crippen molar-refractivity contribution in [2.45, 2.75) is 32.2 Å². The fraction of sp³-hybridized carbons (Fsp3) is 0.647. The van der Waals surface area contributed by atoms with Gasteiger partial charge in [-0.05, 0) is 69.8 Å². The highest BCUT2D eigenvalue weighted by atomic mass is 19.1. The number of hydrogen-bond acceptors (Lipinski definition) is 2. The van der Waals surface area contributed by atoms with Crippen LogP contribution in [0.5, 0.6) is 0 Å². The second kappa shape index (κ2) is 6.68. The van der Waals surface area contributed by atoms with Crippen molar-refractivity contribution in [3.63, 3.8) is 0 Å². The van der Waals surface area contributed by atoms with Gasteiger partial charge in [-0.3, -0.25) is 4.90 Å². The largest absolute Gasteiger partial charge is 0.317 e. The van der Waals surface area contributed by atoms with Crippen molar-refractivity contribution in [2.75, 3.05) is 26.2 Å². The van der Waals surface area contributed by atoms with Crippen LogP contribution in [-0.2, 0) is 6.54 Å². The first kappa shape index (κ1) is 14.0. The van der Waals surface area contributed by atoms with Gasteiger partial charge >= 0.3 is 0 Å². The quantitative estimate of drug-likeness (QED) is 0.913. The van der Waals surface area contributed by atoms with Crippen LogP contribution in [0.2, 0.25) is 0 Å². The number of piperidine rings is 2. The van der Waals surface area contributed by atoms with Crippen LogP contribution in [-0.4, -0.2) is 31.1 Å². The Morgan fingerprint density at radius 3 is 2.35 bits per heavy atom. The molecule has 0 amide bonds. The second-order valence-electron chi connectivity index (χ2n) is 6.29. The molecule has 2 aliphatic rings.